The number of nitrogens with zero attached hydrogens (tertiary/aromatic N) is 2. The Morgan fingerprint density at radius 2 is 0.943 bits per heavy atom. The lowest BCUT2D eigenvalue weighted by Gasteiger charge is -2.33. The number of para-hydroxylation sites is 3. The highest BCUT2D eigenvalue weighted by Gasteiger charge is 2.24. The number of rotatable bonds is 2. The molecule has 0 bridgehead atoms. The van der Waals surface area contributed by atoms with Gasteiger partial charge >= 0.3 is 0 Å². The zero-order valence-electron chi connectivity index (χ0n) is 19.2. The summed E-state index contributed by atoms with van der Waals surface area (Å²) in [6.07, 6.45) is 0. The maximum atomic E-state index is 2.37. The fourth-order valence-electron chi connectivity index (χ4n) is 4.91. The van der Waals surface area contributed by atoms with Crippen LogP contribution in [0.15, 0.2) is 135 Å². The molecule has 5 aromatic carbocycles. The van der Waals surface area contributed by atoms with Crippen LogP contribution in [0.5, 0.6) is 0 Å². The highest BCUT2D eigenvalue weighted by molar-refractivity contribution is 8.00. The molecule has 0 saturated carbocycles. The predicted molar refractivity (Wildman–Crippen MR) is 149 cm³/mol. The second-order valence-electron chi connectivity index (χ2n) is 8.73. The smallest absolute Gasteiger partial charge is 0.0601 e. The van der Waals surface area contributed by atoms with Crippen molar-refractivity contribution in [2.24, 2.45) is 0 Å². The molecule has 2 aliphatic rings. The zero-order chi connectivity index (χ0) is 23.4. The van der Waals surface area contributed by atoms with Gasteiger partial charge in [-0.25, -0.2) is 0 Å². The number of hydrogen-bond acceptors (Lipinski definition) is 4. The van der Waals surface area contributed by atoms with Crippen LogP contribution < -0.4 is 9.80 Å². The fourth-order valence-corrected chi connectivity index (χ4v) is 7.15. The molecule has 0 radical (unpaired) electrons. The van der Waals surface area contributed by atoms with Crippen molar-refractivity contribution in [3.05, 3.63) is 115 Å². The first-order valence-corrected chi connectivity index (χ1v) is 13.3. The number of fused-ring (bicyclic) bond motifs is 4. The van der Waals surface area contributed by atoms with Crippen LogP contribution in [0, 0.1) is 0 Å². The van der Waals surface area contributed by atoms with Crippen LogP contribution in [-0.2, 0) is 0 Å². The minimum absolute atomic E-state index is 1.18. The third-order valence-electron chi connectivity index (χ3n) is 6.66. The molecule has 0 unspecified atom stereocenters. The van der Waals surface area contributed by atoms with E-state index >= 15 is 0 Å². The topological polar surface area (TPSA) is 6.48 Å². The van der Waals surface area contributed by atoms with E-state index in [1.54, 1.807) is 0 Å². The van der Waals surface area contributed by atoms with Gasteiger partial charge in [-0.05, 0) is 71.8 Å². The SMILES string of the molecule is CN1c2ccccc2Sc2cc(-c3ccc(N4c5ccccc5Sc5ccccc54)cc3)ccc21. The highest BCUT2D eigenvalue weighted by atomic mass is 32.2. The first-order chi connectivity index (χ1) is 17.3. The summed E-state index contributed by atoms with van der Waals surface area (Å²) >= 11 is 3.69. The van der Waals surface area contributed by atoms with E-state index in [1.165, 1.54) is 59.1 Å². The molecule has 2 aliphatic heterocycles. The van der Waals surface area contributed by atoms with E-state index in [4.69, 9.17) is 0 Å². The van der Waals surface area contributed by atoms with Gasteiger partial charge in [-0.3, -0.25) is 0 Å². The normalized spacial score (nSPS) is 13.5. The van der Waals surface area contributed by atoms with E-state index in [2.05, 4.69) is 132 Å². The summed E-state index contributed by atoms with van der Waals surface area (Å²) in [5, 5.41) is 0. The molecule has 0 fully saturated rings. The molecular formula is C31H22N2S2. The predicted octanol–water partition coefficient (Wildman–Crippen LogP) is 9.52. The minimum atomic E-state index is 1.18. The third-order valence-corrected chi connectivity index (χ3v) is 8.90. The van der Waals surface area contributed by atoms with Gasteiger partial charge in [-0.15, -0.1) is 0 Å². The van der Waals surface area contributed by atoms with Crippen molar-refractivity contribution >= 4 is 52.0 Å². The molecule has 0 amide bonds. The van der Waals surface area contributed by atoms with Gasteiger partial charge in [0.25, 0.3) is 0 Å². The lowest BCUT2D eigenvalue weighted by Crippen LogP contribution is -2.14. The van der Waals surface area contributed by atoms with Gasteiger partial charge in [0.15, 0.2) is 0 Å². The summed E-state index contributed by atoms with van der Waals surface area (Å²) in [5.74, 6) is 0. The summed E-state index contributed by atoms with van der Waals surface area (Å²) in [4.78, 5) is 9.83. The van der Waals surface area contributed by atoms with Crippen LogP contribution in [-0.4, -0.2) is 7.05 Å². The monoisotopic (exact) mass is 486 g/mol. The van der Waals surface area contributed by atoms with Crippen molar-refractivity contribution in [1.82, 2.24) is 0 Å². The Hall–Kier alpha value is -3.60. The second-order valence-corrected chi connectivity index (χ2v) is 10.9. The Kier molecular flexibility index (Phi) is 4.90. The van der Waals surface area contributed by atoms with E-state index < -0.39 is 0 Å². The average molecular weight is 487 g/mol. The van der Waals surface area contributed by atoms with Gasteiger partial charge in [0.05, 0.1) is 22.7 Å². The Morgan fingerprint density at radius 1 is 0.457 bits per heavy atom. The molecule has 2 nitrogen and oxygen atoms in total. The summed E-state index contributed by atoms with van der Waals surface area (Å²) in [7, 11) is 2.15. The number of hydrogen-bond donors (Lipinski definition) is 0. The highest BCUT2D eigenvalue weighted by Crippen LogP contribution is 2.52. The number of anilines is 5. The van der Waals surface area contributed by atoms with Crippen LogP contribution >= 0.6 is 23.5 Å². The van der Waals surface area contributed by atoms with Crippen molar-refractivity contribution in [2.75, 3.05) is 16.8 Å². The summed E-state index contributed by atoms with van der Waals surface area (Å²) in [6, 6.07) is 41.7. The van der Waals surface area contributed by atoms with E-state index in [-0.39, 0.29) is 0 Å². The van der Waals surface area contributed by atoms with Crippen molar-refractivity contribution in [3.63, 3.8) is 0 Å². The zero-order valence-corrected chi connectivity index (χ0v) is 20.8. The Morgan fingerprint density at radius 3 is 1.60 bits per heavy atom. The van der Waals surface area contributed by atoms with Crippen molar-refractivity contribution in [3.8, 4) is 11.1 Å². The lowest BCUT2D eigenvalue weighted by atomic mass is 10.0. The van der Waals surface area contributed by atoms with E-state index in [0.717, 1.165) is 0 Å². The molecule has 0 spiro atoms. The second kappa shape index (κ2) is 8.26. The van der Waals surface area contributed by atoms with Gasteiger partial charge in [0.2, 0.25) is 0 Å². The molecule has 35 heavy (non-hydrogen) atoms. The standard InChI is InChI=1S/C31H22N2S2/c1-32-24-8-2-5-11-28(24)35-31-20-22(16-19-25(31)32)21-14-17-23(18-15-21)33-26-9-3-6-12-29(26)34-30-13-7-4-10-27(30)33/h2-20H,1H3. The Labute approximate surface area is 214 Å². The molecule has 7 rings (SSSR count). The largest absolute Gasteiger partial charge is 0.343 e. The first-order valence-electron chi connectivity index (χ1n) is 11.7. The van der Waals surface area contributed by atoms with Gasteiger partial charge in [0.1, 0.15) is 0 Å². The third kappa shape index (κ3) is 3.44. The maximum Gasteiger partial charge on any atom is 0.0601 e. The summed E-state index contributed by atoms with van der Waals surface area (Å²) in [6.45, 7) is 0. The molecule has 0 atom stereocenters. The minimum Gasteiger partial charge on any atom is -0.343 e. The first kappa shape index (κ1) is 20.7. The summed E-state index contributed by atoms with van der Waals surface area (Å²) in [5.41, 5.74) is 8.63. The molecule has 0 N–H and O–H groups in total. The van der Waals surface area contributed by atoms with Crippen LogP contribution in [0.4, 0.5) is 28.4 Å². The molecule has 2 heterocycles. The van der Waals surface area contributed by atoms with E-state index in [9.17, 15) is 0 Å². The Balaban J connectivity index is 1.25. The van der Waals surface area contributed by atoms with Crippen molar-refractivity contribution in [2.45, 2.75) is 19.6 Å². The lowest BCUT2D eigenvalue weighted by molar-refractivity contribution is 1.11. The van der Waals surface area contributed by atoms with Gasteiger partial charge in [-0.2, -0.15) is 0 Å². The van der Waals surface area contributed by atoms with Gasteiger partial charge in [0, 0.05) is 32.3 Å². The number of benzene rings is 5. The van der Waals surface area contributed by atoms with Crippen LogP contribution in [0.1, 0.15) is 0 Å². The van der Waals surface area contributed by atoms with Crippen LogP contribution in [0.3, 0.4) is 0 Å². The quantitative estimate of drug-likeness (QED) is 0.240. The van der Waals surface area contributed by atoms with Gasteiger partial charge < -0.3 is 9.80 Å². The van der Waals surface area contributed by atoms with Gasteiger partial charge in [-0.1, -0.05) is 78.1 Å². The molecule has 5 aromatic rings. The van der Waals surface area contributed by atoms with Crippen LogP contribution in [0.2, 0.25) is 0 Å². The Bertz CT molecular complexity index is 1530. The molecule has 168 valence electrons. The molecular weight excluding hydrogens is 464 g/mol. The van der Waals surface area contributed by atoms with E-state index in [1.807, 2.05) is 23.5 Å². The average Bonchev–Trinajstić information content (AvgIpc) is 2.92. The maximum absolute atomic E-state index is 2.37. The molecule has 4 heteroatoms. The summed E-state index contributed by atoms with van der Waals surface area (Å²) < 4.78 is 0. The van der Waals surface area contributed by atoms with E-state index in [0.29, 0.717) is 0 Å². The van der Waals surface area contributed by atoms with Crippen molar-refractivity contribution in [1.29, 1.82) is 0 Å². The molecule has 0 aliphatic carbocycles. The van der Waals surface area contributed by atoms with Crippen molar-refractivity contribution < 1.29 is 0 Å². The van der Waals surface area contributed by atoms with Crippen LogP contribution in [0.25, 0.3) is 11.1 Å². The molecule has 0 aromatic heterocycles. The molecule has 0 saturated heterocycles. The fraction of sp³-hybridized carbons (Fsp3) is 0.0323.